The fourth-order valence-corrected chi connectivity index (χ4v) is 2.39. The molecule has 0 N–H and O–H groups in total. The Kier molecular flexibility index (Phi) is 6.69. The second kappa shape index (κ2) is 9.23. The van der Waals surface area contributed by atoms with Gasteiger partial charge in [0.1, 0.15) is 5.57 Å². The molecule has 0 saturated carbocycles. The van der Waals surface area contributed by atoms with Gasteiger partial charge in [-0.05, 0) is 35.3 Å². The number of hydrogen-bond donors (Lipinski definition) is 0. The van der Waals surface area contributed by atoms with Gasteiger partial charge in [0.05, 0.1) is 7.11 Å². The molecule has 120 valence electrons. The molecule has 2 nitrogen and oxygen atoms in total. The fraction of sp³-hybridized carbons (Fsp3) is 0.227. The zero-order chi connectivity index (χ0) is 17.2. The van der Waals surface area contributed by atoms with Crippen molar-refractivity contribution in [2.24, 2.45) is 0 Å². The van der Waals surface area contributed by atoms with Gasteiger partial charge >= 0.3 is 5.97 Å². The van der Waals surface area contributed by atoms with E-state index < -0.39 is 5.97 Å². The molecule has 2 heteroatoms. The highest BCUT2D eigenvalue weighted by Gasteiger charge is 2.08. The zero-order valence-electron chi connectivity index (χ0n) is 13.8. The van der Waals surface area contributed by atoms with E-state index in [0.29, 0.717) is 12.0 Å². The van der Waals surface area contributed by atoms with Gasteiger partial charge in [0.2, 0.25) is 0 Å². The quantitative estimate of drug-likeness (QED) is 0.349. The van der Waals surface area contributed by atoms with Crippen LogP contribution in [-0.2, 0) is 9.53 Å². The largest absolute Gasteiger partial charge is 0.465 e. The van der Waals surface area contributed by atoms with Crippen molar-refractivity contribution < 1.29 is 9.53 Å². The van der Waals surface area contributed by atoms with Gasteiger partial charge in [-0.1, -0.05) is 54.3 Å². The lowest BCUT2D eigenvalue weighted by Gasteiger charge is -2.03. The molecule has 2 aromatic rings. The molecule has 0 saturated heterocycles. The molecule has 0 spiro atoms. The molecule has 0 heterocycles. The third-order valence-electron chi connectivity index (χ3n) is 3.62. The predicted octanol–water partition coefficient (Wildman–Crippen LogP) is 4.59. The van der Waals surface area contributed by atoms with Crippen LogP contribution in [0.25, 0.3) is 16.8 Å². The second-order valence-electron chi connectivity index (χ2n) is 5.33. The highest BCUT2D eigenvalue weighted by atomic mass is 16.5. The summed E-state index contributed by atoms with van der Waals surface area (Å²) in [5.41, 5.74) is 1.32. The molecule has 24 heavy (non-hydrogen) atoms. The summed E-state index contributed by atoms with van der Waals surface area (Å²) in [6.45, 7) is 0. The van der Waals surface area contributed by atoms with Crippen molar-refractivity contribution in [2.75, 3.05) is 7.11 Å². The van der Waals surface area contributed by atoms with E-state index in [2.05, 4.69) is 17.8 Å². The summed E-state index contributed by atoms with van der Waals surface area (Å²) in [4.78, 5) is 12.0. The van der Waals surface area contributed by atoms with E-state index in [1.807, 2.05) is 42.5 Å². The van der Waals surface area contributed by atoms with Crippen LogP contribution in [0, 0.1) is 24.2 Å². The van der Waals surface area contributed by atoms with Crippen LogP contribution >= 0.6 is 0 Å². The maximum atomic E-state index is 12.0. The Balaban J connectivity index is 2.27. The molecule has 0 aliphatic carbocycles. The summed E-state index contributed by atoms with van der Waals surface area (Å²) in [6.07, 6.45) is 10.4. The maximum Gasteiger partial charge on any atom is 0.346 e. The van der Waals surface area contributed by atoms with Crippen LogP contribution in [0.2, 0.25) is 0 Å². The molecule has 2 aromatic carbocycles. The number of carbonyl (C=O) groups is 1. The summed E-state index contributed by atoms with van der Waals surface area (Å²) < 4.78 is 4.86. The van der Waals surface area contributed by atoms with E-state index in [-0.39, 0.29) is 0 Å². The van der Waals surface area contributed by atoms with Crippen molar-refractivity contribution in [3.8, 4) is 24.2 Å². The summed E-state index contributed by atoms with van der Waals surface area (Å²) in [5.74, 6) is 8.18. The number of unbranched alkanes of at least 4 members (excludes halogenated alkanes) is 3. The van der Waals surface area contributed by atoms with Crippen molar-refractivity contribution in [2.45, 2.75) is 25.7 Å². The number of carbonyl (C=O) groups excluding carboxylic acids is 1. The third kappa shape index (κ3) is 4.77. The maximum absolute atomic E-state index is 12.0. The molecule has 0 amide bonds. The smallest absolute Gasteiger partial charge is 0.346 e. The summed E-state index contributed by atoms with van der Waals surface area (Å²) >= 11 is 0. The van der Waals surface area contributed by atoms with Crippen LogP contribution in [0.4, 0.5) is 0 Å². The normalized spacial score (nSPS) is 10.6. The minimum Gasteiger partial charge on any atom is -0.465 e. The van der Waals surface area contributed by atoms with Gasteiger partial charge < -0.3 is 4.74 Å². The lowest BCUT2D eigenvalue weighted by atomic mass is 10.0. The van der Waals surface area contributed by atoms with Crippen LogP contribution in [0.5, 0.6) is 0 Å². The Morgan fingerprint density at radius 2 is 1.88 bits per heavy atom. The first-order valence-electron chi connectivity index (χ1n) is 7.96. The Morgan fingerprint density at radius 3 is 2.67 bits per heavy atom. The first kappa shape index (κ1) is 17.4. The van der Waals surface area contributed by atoms with Crippen molar-refractivity contribution in [1.82, 2.24) is 0 Å². The lowest BCUT2D eigenvalue weighted by Crippen LogP contribution is -2.03. The van der Waals surface area contributed by atoms with E-state index in [1.54, 1.807) is 6.08 Å². The van der Waals surface area contributed by atoms with Gasteiger partial charge in [0.25, 0.3) is 0 Å². The van der Waals surface area contributed by atoms with Gasteiger partial charge in [-0.25, -0.2) is 4.79 Å². The molecule has 0 aliphatic rings. The number of hydrogen-bond acceptors (Lipinski definition) is 2. The summed E-state index contributed by atoms with van der Waals surface area (Å²) in [6, 6.07) is 14.0. The van der Waals surface area contributed by atoms with Crippen LogP contribution in [0.15, 0.2) is 48.0 Å². The van der Waals surface area contributed by atoms with E-state index in [4.69, 9.17) is 11.2 Å². The molecule has 0 radical (unpaired) electrons. The third-order valence-corrected chi connectivity index (χ3v) is 3.62. The Hall–Kier alpha value is -2.97. The first-order valence-corrected chi connectivity index (χ1v) is 7.96. The fourth-order valence-electron chi connectivity index (χ4n) is 2.39. The number of benzene rings is 2. The minimum absolute atomic E-state index is 0.366. The Morgan fingerprint density at radius 1 is 1.12 bits per heavy atom. The van der Waals surface area contributed by atoms with Crippen LogP contribution in [0.3, 0.4) is 0 Å². The Bertz CT molecular complexity index is 836. The van der Waals surface area contributed by atoms with Gasteiger partial charge in [-0.3, -0.25) is 0 Å². The zero-order valence-corrected chi connectivity index (χ0v) is 13.8. The lowest BCUT2D eigenvalue weighted by molar-refractivity contribution is -0.135. The summed E-state index contributed by atoms with van der Waals surface area (Å²) in [7, 11) is 1.37. The van der Waals surface area contributed by atoms with Gasteiger partial charge in [0.15, 0.2) is 0 Å². The Labute approximate surface area is 143 Å². The van der Waals surface area contributed by atoms with Gasteiger partial charge in [0, 0.05) is 12.8 Å². The minimum atomic E-state index is -0.418. The molecular weight excluding hydrogens is 296 g/mol. The van der Waals surface area contributed by atoms with Gasteiger partial charge in [-0.15, -0.1) is 12.3 Å². The number of esters is 1. The molecule has 0 fully saturated rings. The number of rotatable bonds is 5. The highest BCUT2D eigenvalue weighted by Crippen LogP contribution is 2.21. The molecule has 0 unspecified atom stereocenters. The standard InChI is InChI=1S/C22H20O2/c1-3-4-5-6-7-8-13-20(22(23)24-2)17-19-15-11-14-18-12-9-10-16-21(18)19/h1,9-12,14-17H,4-7H2,2H3/b20-17-. The molecule has 0 aliphatic heterocycles. The van der Waals surface area contributed by atoms with Crippen molar-refractivity contribution >= 4 is 22.8 Å². The van der Waals surface area contributed by atoms with Gasteiger partial charge in [-0.2, -0.15) is 0 Å². The van der Waals surface area contributed by atoms with E-state index >= 15 is 0 Å². The van der Waals surface area contributed by atoms with E-state index in [1.165, 1.54) is 7.11 Å². The number of ether oxygens (including phenoxy) is 1. The first-order chi connectivity index (χ1) is 11.8. The highest BCUT2D eigenvalue weighted by molar-refractivity contribution is 6.01. The summed E-state index contributed by atoms with van der Waals surface area (Å²) in [5, 5.41) is 2.20. The average molecular weight is 316 g/mol. The molecule has 0 bridgehead atoms. The molecule has 2 rings (SSSR count). The molecule has 0 aromatic heterocycles. The molecular formula is C22H20O2. The van der Waals surface area contributed by atoms with Crippen LogP contribution in [0.1, 0.15) is 31.2 Å². The number of terminal acetylenes is 1. The average Bonchev–Trinajstić information content (AvgIpc) is 2.63. The predicted molar refractivity (Wildman–Crippen MR) is 99.0 cm³/mol. The van der Waals surface area contributed by atoms with Crippen LogP contribution in [-0.4, -0.2) is 13.1 Å². The van der Waals surface area contributed by atoms with Crippen LogP contribution < -0.4 is 0 Å². The van der Waals surface area contributed by atoms with E-state index in [9.17, 15) is 4.79 Å². The SMILES string of the molecule is C#CCCCCC#C/C(=C/c1cccc2ccccc12)C(=O)OC. The van der Waals surface area contributed by atoms with Crippen molar-refractivity contribution in [3.63, 3.8) is 0 Å². The number of fused-ring (bicyclic) bond motifs is 1. The van der Waals surface area contributed by atoms with Crippen molar-refractivity contribution in [3.05, 3.63) is 53.6 Å². The second-order valence-corrected chi connectivity index (χ2v) is 5.33. The topological polar surface area (TPSA) is 26.3 Å². The van der Waals surface area contributed by atoms with E-state index in [0.717, 1.165) is 35.6 Å². The monoisotopic (exact) mass is 316 g/mol. The molecule has 0 atom stereocenters. The van der Waals surface area contributed by atoms with Crippen molar-refractivity contribution in [1.29, 1.82) is 0 Å². The number of methoxy groups -OCH3 is 1.